The van der Waals surface area contributed by atoms with Gasteiger partial charge in [0.2, 0.25) is 5.88 Å². The Morgan fingerprint density at radius 3 is 2.61 bits per heavy atom. The molecule has 0 unspecified atom stereocenters. The normalized spacial score (nSPS) is 14.6. The van der Waals surface area contributed by atoms with Gasteiger partial charge >= 0.3 is 0 Å². The number of halogens is 1. The highest BCUT2D eigenvalue weighted by Gasteiger charge is 2.22. The zero-order valence-electron chi connectivity index (χ0n) is 19.9. The van der Waals surface area contributed by atoms with Crippen molar-refractivity contribution in [3.05, 3.63) is 82.3 Å². The number of aromatic hydroxyl groups is 1. The Balaban J connectivity index is 1.19. The van der Waals surface area contributed by atoms with E-state index in [0.29, 0.717) is 16.5 Å². The van der Waals surface area contributed by atoms with Crippen LogP contribution in [0.25, 0.3) is 10.9 Å². The van der Waals surface area contributed by atoms with E-state index in [-0.39, 0.29) is 11.6 Å². The Morgan fingerprint density at radius 2 is 1.86 bits per heavy atom. The average Bonchev–Trinajstić information content (AvgIpc) is 3.22. The molecule has 2 heterocycles. The summed E-state index contributed by atoms with van der Waals surface area (Å²) >= 11 is 3.41. The van der Waals surface area contributed by atoms with E-state index in [0.717, 1.165) is 48.6 Å². The first-order valence-electron chi connectivity index (χ1n) is 11.8. The lowest BCUT2D eigenvalue weighted by Gasteiger charge is -2.34. The fourth-order valence-corrected chi connectivity index (χ4v) is 4.94. The summed E-state index contributed by atoms with van der Waals surface area (Å²) in [7, 11) is 1.71. The molecule has 36 heavy (non-hydrogen) atoms. The van der Waals surface area contributed by atoms with Crippen molar-refractivity contribution in [2.45, 2.75) is 6.54 Å². The predicted molar refractivity (Wildman–Crippen MR) is 143 cm³/mol. The first-order chi connectivity index (χ1) is 17.5. The lowest BCUT2D eigenvalue weighted by Crippen LogP contribution is -3.13. The molecule has 184 valence electrons. The second kappa shape index (κ2) is 10.5. The van der Waals surface area contributed by atoms with Gasteiger partial charge in [-0.1, -0.05) is 40.2 Å². The molecule has 3 aromatic carbocycles. The molecule has 0 aliphatic carbocycles. The number of H-pyrrole nitrogens is 1. The number of methoxy groups -OCH3 is 1. The summed E-state index contributed by atoms with van der Waals surface area (Å²) in [6, 6.07) is 21.2. The molecule has 9 heteroatoms. The molecular weight excluding hydrogens is 522 g/mol. The number of benzene rings is 3. The number of hydrogen-bond donors (Lipinski definition) is 3. The van der Waals surface area contributed by atoms with Crippen LogP contribution < -0.4 is 14.5 Å². The minimum Gasteiger partial charge on any atom is -0.495 e. The average molecular weight is 549 g/mol. The van der Waals surface area contributed by atoms with E-state index in [2.05, 4.69) is 42.1 Å². The lowest BCUT2D eigenvalue weighted by atomic mass is 10.1. The molecule has 5 rings (SSSR count). The van der Waals surface area contributed by atoms with Crippen molar-refractivity contribution >= 4 is 44.1 Å². The number of piperazine rings is 1. The Labute approximate surface area is 217 Å². The van der Waals surface area contributed by atoms with Gasteiger partial charge in [-0.25, -0.2) is 0 Å². The summed E-state index contributed by atoms with van der Waals surface area (Å²) in [5.74, 6) is 0.331. The second-order valence-corrected chi connectivity index (χ2v) is 9.72. The van der Waals surface area contributed by atoms with Gasteiger partial charge in [0.1, 0.15) is 12.3 Å². The molecule has 0 bridgehead atoms. The number of para-hydroxylation sites is 2. The monoisotopic (exact) mass is 548 g/mol. The van der Waals surface area contributed by atoms with Crippen molar-refractivity contribution in [2.75, 3.05) is 38.2 Å². The van der Waals surface area contributed by atoms with Gasteiger partial charge in [0.25, 0.3) is 5.91 Å². The van der Waals surface area contributed by atoms with Gasteiger partial charge in [0, 0.05) is 21.0 Å². The molecule has 0 saturated carbocycles. The highest BCUT2D eigenvalue weighted by atomic mass is 79.9. The number of anilines is 1. The summed E-state index contributed by atoms with van der Waals surface area (Å²) in [5, 5.41) is 18.7. The maximum atomic E-state index is 12.6. The third-order valence-corrected chi connectivity index (χ3v) is 7.00. The maximum absolute atomic E-state index is 12.6. The number of amides is 1. The molecule has 8 nitrogen and oxygen atoms in total. The third-order valence-electron chi connectivity index (χ3n) is 6.51. The zero-order chi connectivity index (χ0) is 25.1. The number of nitrogens with one attached hydrogen (secondary N) is 2. The Kier molecular flexibility index (Phi) is 7.02. The minimum absolute atomic E-state index is 0.122. The van der Waals surface area contributed by atoms with E-state index in [1.807, 2.05) is 48.5 Å². The van der Waals surface area contributed by atoms with Gasteiger partial charge in [-0.3, -0.25) is 4.79 Å². The van der Waals surface area contributed by atoms with E-state index in [1.54, 1.807) is 19.2 Å². The van der Waals surface area contributed by atoms with E-state index >= 15 is 0 Å². The molecule has 1 fully saturated rings. The van der Waals surface area contributed by atoms with Crippen LogP contribution >= 0.6 is 15.9 Å². The standard InChI is InChI=1S/C27H26BrN5O3/c1-36-24-5-3-2-4-23(24)33-14-12-32(13-15-33)17-18-6-8-19(9-7-18)26(34)31-30-25-21-16-20(28)10-11-22(21)29-27(25)35/h2-11,16,29,35H,12-15,17H2,1H3/p+1. The molecule has 1 aliphatic heterocycles. The molecule has 0 atom stereocenters. The number of hydrogen-bond acceptors (Lipinski definition) is 5. The van der Waals surface area contributed by atoms with Crippen LogP contribution in [0.5, 0.6) is 11.6 Å². The van der Waals surface area contributed by atoms with Crippen molar-refractivity contribution in [1.29, 1.82) is 0 Å². The van der Waals surface area contributed by atoms with Gasteiger partial charge in [-0.15, -0.1) is 10.2 Å². The Bertz CT molecular complexity index is 1410. The van der Waals surface area contributed by atoms with Crippen LogP contribution in [0.3, 0.4) is 0 Å². The van der Waals surface area contributed by atoms with Crippen LogP contribution in [-0.2, 0) is 6.54 Å². The number of quaternary nitrogens is 1. The van der Waals surface area contributed by atoms with E-state index in [9.17, 15) is 9.90 Å². The number of azo groups is 1. The molecular formula is C27H27BrN5O3+. The number of fused-ring (bicyclic) bond motifs is 1. The molecule has 0 radical (unpaired) electrons. The molecule has 1 aromatic heterocycles. The number of aromatic amines is 1. The van der Waals surface area contributed by atoms with Crippen molar-refractivity contribution in [2.24, 2.45) is 10.2 Å². The predicted octanol–water partition coefficient (Wildman–Crippen LogP) is 4.47. The summed E-state index contributed by atoms with van der Waals surface area (Å²) in [5.41, 5.74) is 3.73. The molecule has 3 N–H and O–H groups in total. The largest absolute Gasteiger partial charge is 0.495 e. The summed E-state index contributed by atoms with van der Waals surface area (Å²) in [6.07, 6.45) is 0. The molecule has 0 spiro atoms. The number of rotatable bonds is 6. The van der Waals surface area contributed by atoms with Crippen LogP contribution in [0, 0.1) is 0 Å². The topological polar surface area (TPSA) is 94.7 Å². The first kappa shape index (κ1) is 24.0. The zero-order valence-corrected chi connectivity index (χ0v) is 21.5. The van der Waals surface area contributed by atoms with Crippen molar-refractivity contribution in [3.63, 3.8) is 0 Å². The quantitative estimate of drug-likeness (QED) is 0.310. The van der Waals surface area contributed by atoms with Gasteiger partial charge in [-0.05, 0) is 42.5 Å². The number of nitrogens with zero attached hydrogens (tertiary/aromatic N) is 3. The molecule has 1 saturated heterocycles. The number of carbonyl (C=O) groups is 1. The smallest absolute Gasteiger partial charge is 0.295 e. The van der Waals surface area contributed by atoms with Gasteiger partial charge in [-0.2, -0.15) is 0 Å². The number of carbonyl (C=O) groups excluding carboxylic acids is 1. The summed E-state index contributed by atoms with van der Waals surface area (Å²) in [6.45, 7) is 4.87. The highest BCUT2D eigenvalue weighted by Crippen LogP contribution is 2.37. The first-order valence-corrected chi connectivity index (χ1v) is 12.6. The minimum atomic E-state index is -0.455. The maximum Gasteiger partial charge on any atom is 0.295 e. The van der Waals surface area contributed by atoms with Gasteiger partial charge in [0.15, 0.2) is 5.69 Å². The van der Waals surface area contributed by atoms with E-state index < -0.39 is 5.91 Å². The van der Waals surface area contributed by atoms with Crippen LogP contribution in [-0.4, -0.2) is 49.3 Å². The summed E-state index contributed by atoms with van der Waals surface area (Å²) < 4.78 is 6.36. The summed E-state index contributed by atoms with van der Waals surface area (Å²) in [4.78, 5) is 19.3. The Morgan fingerprint density at radius 1 is 1.11 bits per heavy atom. The van der Waals surface area contributed by atoms with Crippen LogP contribution in [0.4, 0.5) is 11.4 Å². The van der Waals surface area contributed by atoms with Crippen LogP contribution in [0.2, 0.25) is 0 Å². The van der Waals surface area contributed by atoms with Crippen molar-refractivity contribution in [1.82, 2.24) is 4.98 Å². The fraction of sp³-hybridized carbons (Fsp3) is 0.222. The van der Waals surface area contributed by atoms with Crippen LogP contribution in [0.1, 0.15) is 15.9 Å². The fourth-order valence-electron chi connectivity index (χ4n) is 4.58. The van der Waals surface area contributed by atoms with Crippen molar-refractivity contribution < 1.29 is 19.5 Å². The lowest BCUT2D eigenvalue weighted by molar-refractivity contribution is -0.914. The molecule has 1 amide bonds. The second-order valence-electron chi connectivity index (χ2n) is 8.80. The highest BCUT2D eigenvalue weighted by molar-refractivity contribution is 9.10. The number of aromatic nitrogens is 1. The third kappa shape index (κ3) is 5.12. The van der Waals surface area contributed by atoms with Gasteiger partial charge < -0.3 is 24.6 Å². The molecule has 1 aliphatic rings. The Hall–Kier alpha value is -3.69. The van der Waals surface area contributed by atoms with Crippen molar-refractivity contribution in [3.8, 4) is 11.6 Å². The van der Waals surface area contributed by atoms with E-state index in [1.165, 1.54) is 10.5 Å². The number of ether oxygens (including phenoxy) is 1. The SMILES string of the molecule is COc1ccccc1N1CC[NH+](Cc2ccc(C(=O)N=Nc3c(O)[nH]c4ccc(Br)cc34)cc2)CC1. The van der Waals surface area contributed by atoms with Crippen LogP contribution in [0.15, 0.2) is 81.4 Å². The van der Waals surface area contributed by atoms with Gasteiger partial charge in [0.05, 0.1) is 44.5 Å². The molecule has 4 aromatic rings. The van der Waals surface area contributed by atoms with E-state index in [4.69, 9.17) is 4.74 Å².